The Kier molecular flexibility index (Phi) is 6.87. The molecule has 0 atom stereocenters. The van der Waals surface area contributed by atoms with Gasteiger partial charge in [-0.3, -0.25) is 9.59 Å². The van der Waals surface area contributed by atoms with Crippen LogP contribution in [0.25, 0.3) is 0 Å². The molecule has 1 aromatic heterocycles. The van der Waals surface area contributed by atoms with Gasteiger partial charge in [0, 0.05) is 14.1 Å². The van der Waals surface area contributed by atoms with E-state index < -0.39 is 0 Å². The first kappa shape index (κ1) is 17.2. The van der Waals surface area contributed by atoms with Crippen LogP contribution < -0.4 is 20.9 Å². The zero-order chi connectivity index (χ0) is 15.8. The summed E-state index contributed by atoms with van der Waals surface area (Å²) < 4.78 is 3.65. The fraction of sp³-hybridized carbons (Fsp3) is 0.643. The van der Waals surface area contributed by atoms with E-state index in [1.54, 1.807) is 18.7 Å². The molecule has 0 unspecified atom stereocenters. The van der Waals surface area contributed by atoms with E-state index in [4.69, 9.17) is 5.73 Å². The van der Waals surface area contributed by atoms with Crippen molar-refractivity contribution in [3.8, 4) is 0 Å². The van der Waals surface area contributed by atoms with Gasteiger partial charge in [-0.15, -0.1) is 0 Å². The number of aryl methyl sites for hydroxylation is 2. The lowest BCUT2D eigenvalue weighted by Crippen LogP contribution is -2.42. The Balaban J connectivity index is 3.13. The molecule has 0 bridgehead atoms. The van der Waals surface area contributed by atoms with Crippen molar-refractivity contribution < 1.29 is 14.2 Å². The van der Waals surface area contributed by atoms with Gasteiger partial charge in [0.1, 0.15) is 0 Å². The highest BCUT2D eigenvalue weighted by Gasteiger charge is 2.32. The third kappa shape index (κ3) is 4.04. The zero-order valence-electron chi connectivity index (χ0n) is 13.1. The lowest BCUT2D eigenvalue weighted by atomic mass is 10.2. The van der Waals surface area contributed by atoms with Crippen LogP contribution in [0.4, 0.5) is 0 Å². The highest BCUT2D eigenvalue weighted by atomic mass is 16.2. The molecule has 4 N–H and O–H groups in total. The minimum atomic E-state index is -0.254. The van der Waals surface area contributed by atoms with Gasteiger partial charge in [-0.2, -0.15) is 0 Å². The quantitative estimate of drug-likeness (QED) is 0.452. The molecule has 0 aliphatic rings. The van der Waals surface area contributed by atoms with Gasteiger partial charge >= 0.3 is 0 Å². The van der Waals surface area contributed by atoms with E-state index in [1.807, 2.05) is 17.8 Å². The van der Waals surface area contributed by atoms with E-state index in [1.165, 1.54) is 0 Å². The summed E-state index contributed by atoms with van der Waals surface area (Å²) in [5.74, 6) is -0.504. The van der Waals surface area contributed by atoms with Crippen LogP contribution in [-0.4, -0.2) is 37.0 Å². The van der Waals surface area contributed by atoms with Gasteiger partial charge in [-0.05, 0) is 32.7 Å². The van der Waals surface area contributed by atoms with Crippen LogP contribution in [0.2, 0.25) is 0 Å². The van der Waals surface area contributed by atoms with Crippen LogP contribution in [0.5, 0.6) is 0 Å². The van der Waals surface area contributed by atoms with E-state index in [2.05, 4.69) is 10.6 Å². The third-order valence-corrected chi connectivity index (χ3v) is 3.41. The number of rotatable bonds is 8. The molecule has 0 aromatic carbocycles. The summed E-state index contributed by atoms with van der Waals surface area (Å²) in [6.45, 7) is 3.94. The van der Waals surface area contributed by atoms with Crippen molar-refractivity contribution in [3.63, 3.8) is 0 Å². The molecule has 0 saturated carbocycles. The number of unbranched alkanes of at least 4 members (excludes halogenated alkanes) is 2. The first-order valence-corrected chi connectivity index (χ1v) is 7.37. The maximum atomic E-state index is 12.1. The molecule has 7 heteroatoms. The molecule has 1 heterocycles. The molecule has 21 heavy (non-hydrogen) atoms. The van der Waals surface area contributed by atoms with E-state index in [0.717, 1.165) is 19.3 Å². The molecule has 2 amide bonds. The summed E-state index contributed by atoms with van der Waals surface area (Å²) in [6.07, 6.45) is 4.72. The highest BCUT2D eigenvalue weighted by molar-refractivity contribution is 6.03. The lowest BCUT2D eigenvalue weighted by Gasteiger charge is -2.03. The smallest absolute Gasteiger partial charge is 0.295 e. The van der Waals surface area contributed by atoms with Crippen molar-refractivity contribution in [1.29, 1.82) is 0 Å². The molecule has 0 saturated heterocycles. The molecule has 0 aliphatic carbocycles. The summed E-state index contributed by atoms with van der Waals surface area (Å²) in [6, 6.07) is 0. The largest absolute Gasteiger partial charge is 0.352 e. The number of aromatic nitrogens is 2. The fourth-order valence-electron chi connectivity index (χ4n) is 2.28. The SMILES string of the molecule is CCn1c[n+](CCCCCN)c(C(=O)NC)c1C(=O)NC. The van der Waals surface area contributed by atoms with Crippen LogP contribution in [-0.2, 0) is 13.1 Å². The van der Waals surface area contributed by atoms with Crippen LogP contribution in [0.3, 0.4) is 0 Å². The predicted octanol–water partition coefficient (Wildman–Crippen LogP) is -0.356. The first-order chi connectivity index (χ1) is 10.1. The van der Waals surface area contributed by atoms with Gasteiger partial charge in [0.25, 0.3) is 11.8 Å². The van der Waals surface area contributed by atoms with Crippen LogP contribution >= 0.6 is 0 Å². The average molecular weight is 296 g/mol. The predicted molar refractivity (Wildman–Crippen MR) is 80.0 cm³/mol. The number of nitrogens with two attached hydrogens (primary N) is 1. The van der Waals surface area contributed by atoms with Crippen LogP contribution in [0, 0.1) is 0 Å². The number of carbonyl (C=O) groups excluding carboxylic acids is 2. The van der Waals surface area contributed by atoms with E-state index in [-0.39, 0.29) is 11.8 Å². The molecule has 1 aromatic rings. The third-order valence-electron chi connectivity index (χ3n) is 3.41. The minimum Gasteiger partial charge on any atom is -0.352 e. The lowest BCUT2D eigenvalue weighted by molar-refractivity contribution is -0.698. The number of nitrogens with one attached hydrogen (secondary N) is 2. The van der Waals surface area contributed by atoms with Crippen molar-refractivity contribution in [2.24, 2.45) is 5.73 Å². The number of nitrogens with zero attached hydrogens (tertiary/aromatic N) is 2. The van der Waals surface area contributed by atoms with Gasteiger partial charge < -0.3 is 16.4 Å². The molecular weight excluding hydrogens is 270 g/mol. The molecule has 118 valence electrons. The highest BCUT2D eigenvalue weighted by Crippen LogP contribution is 2.08. The summed E-state index contributed by atoms with van der Waals surface area (Å²) in [4.78, 5) is 24.2. The van der Waals surface area contributed by atoms with Crippen LogP contribution in [0.1, 0.15) is 47.2 Å². The maximum Gasteiger partial charge on any atom is 0.295 e. The van der Waals surface area contributed by atoms with Gasteiger partial charge in [0.05, 0.1) is 13.1 Å². The van der Waals surface area contributed by atoms with Crippen molar-refractivity contribution in [3.05, 3.63) is 17.7 Å². The maximum absolute atomic E-state index is 12.1. The monoisotopic (exact) mass is 296 g/mol. The van der Waals surface area contributed by atoms with Crippen molar-refractivity contribution in [1.82, 2.24) is 15.2 Å². The minimum absolute atomic E-state index is 0.250. The summed E-state index contributed by atoms with van der Waals surface area (Å²) in [5.41, 5.74) is 6.30. The molecule has 7 nitrogen and oxygen atoms in total. The van der Waals surface area contributed by atoms with Gasteiger partial charge in [0.2, 0.25) is 17.7 Å². The second-order valence-corrected chi connectivity index (χ2v) is 4.80. The zero-order valence-corrected chi connectivity index (χ0v) is 13.1. The number of amides is 2. The summed E-state index contributed by atoms with van der Waals surface area (Å²) in [5, 5.41) is 5.20. The second kappa shape index (κ2) is 8.41. The van der Waals surface area contributed by atoms with Gasteiger partial charge in [-0.1, -0.05) is 0 Å². The van der Waals surface area contributed by atoms with Crippen molar-refractivity contribution in [2.75, 3.05) is 20.6 Å². The van der Waals surface area contributed by atoms with E-state index in [0.29, 0.717) is 31.0 Å². The Bertz CT molecular complexity index is 496. The molecule has 1 rings (SSSR count). The van der Waals surface area contributed by atoms with Crippen molar-refractivity contribution in [2.45, 2.75) is 39.3 Å². The Morgan fingerprint density at radius 1 is 1.19 bits per heavy atom. The van der Waals surface area contributed by atoms with Gasteiger partial charge in [-0.25, -0.2) is 9.13 Å². The normalized spacial score (nSPS) is 10.5. The number of hydrogen-bond acceptors (Lipinski definition) is 3. The first-order valence-electron chi connectivity index (χ1n) is 7.37. The number of hydrogen-bond donors (Lipinski definition) is 3. The number of imidazole rings is 1. The fourth-order valence-corrected chi connectivity index (χ4v) is 2.28. The molecule has 0 fully saturated rings. The van der Waals surface area contributed by atoms with Gasteiger partial charge in [0.15, 0.2) is 0 Å². The summed E-state index contributed by atoms with van der Waals surface area (Å²) in [7, 11) is 3.13. The Labute approximate surface area is 125 Å². The Hall–Kier alpha value is -1.89. The number of carbonyl (C=O) groups is 2. The second-order valence-electron chi connectivity index (χ2n) is 4.80. The molecular formula is C14H26N5O2+. The Morgan fingerprint density at radius 3 is 2.38 bits per heavy atom. The molecule has 0 spiro atoms. The standard InChI is InChI=1S/C14H25N5O2/c1-4-18-10-19(9-7-5-6-8-15)12(14(21)17-3)11(18)13(20)16-2/h10H,4-9,15H2,1-3H3,(H-,16,17,20,21)/p+1. The van der Waals surface area contributed by atoms with E-state index in [9.17, 15) is 9.59 Å². The van der Waals surface area contributed by atoms with Crippen LogP contribution in [0.15, 0.2) is 6.33 Å². The molecule has 0 radical (unpaired) electrons. The summed E-state index contributed by atoms with van der Waals surface area (Å²) >= 11 is 0. The average Bonchev–Trinajstić information content (AvgIpc) is 2.88. The topological polar surface area (TPSA) is 93.0 Å². The van der Waals surface area contributed by atoms with E-state index >= 15 is 0 Å². The molecule has 0 aliphatic heterocycles. The van der Waals surface area contributed by atoms with Crippen molar-refractivity contribution >= 4 is 11.8 Å². The Morgan fingerprint density at radius 2 is 1.86 bits per heavy atom.